The van der Waals surface area contributed by atoms with E-state index in [2.05, 4.69) is 15.4 Å². The number of nitrogens with zero attached hydrogens (tertiary/aromatic N) is 4. The molecule has 10 heteroatoms. The van der Waals surface area contributed by atoms with E-state index in [4.69, 9.17) is 15.6 Å². The van der Waals surface area contributed by atoms with Crippen LogP contribution in [0.15, 0.2) is 6.33 Å². The number of hydrogen-bond acceptors (Lipinski definition) is 9. The average Bonchev–Trinajstić information content (AvgIpc) is 3.01. The van der Waals surface area contributed by atoms with Crippen molar-refractivity contribution in [3.05, 3.63) is 6.33 Å². The van der Waals surface area contributed by atoms with Crippen LogP contribution < -0.4 is 21.1 Å². The van der Waals surface area contributed by atoms with Crippen molar-refractivity contribution in [1.82, 2.24) is 15.4 Å². The fourth-order valence-corrected chi connectivity index (χ4v) is 2.64. The van der Waals surface area contributed by atoms with Crippen molar-refractivity contribution < 1.29 is 19.7 Å². The number of nitrogen functional groups attached to an aromatic ring is 1. The molecule has 0 radical (unpaired) electrons. The van der Waals surface area contributed by atoms with Gasteiger partial charge in [0.25, 0.3) is 0 Å². The van der Waals surface area contributed by atoms with Gasteiger partial charge in [0.1, 0.15) is 24.8 Å². The molecule has 0 saturated carbocycles. The summed E-state index contributed by atoms with van der Waals surface area (Å²) in [7, 11) is 0. The van der Waals surface area contributed by atoms with Crippen molar-refractivity contribution >= 4 is 23.7 Å². The number of carbonyl (C=O) groups excluding carboxylic acids is 1. The van der Waals surface area contributed by atoms with Crippen LogP contribution in [0.2, 0.25) is 0 Å². The quantitative estimate of drug-likeness (QED) is 0.455. The first kappa shape index (κ1) is 13.8. The number of hydrogen-bond donors (Lipinski definition) is 4. The highest BCUT2D eigenvalue weighted by molar-refractivity contribution is 5.82. The van der Waals surface area contributed by atoms with E-state index >= 15 is 0 Å². The highest BCUT2D eigenvalue weighted by Crippen LogP contribution is 2.39. The zero-order valence-corrected chi connectivity index (χ0v) is 11.1. The van der Waals surface area contributed by atoms with Gasteiger partial charge in [0, 0.05) is 6.42 Å². The molecule has 1 aromatic rings. The number of anilines is 3. The van der Waals surface area contributed by atoms with Gasteiger partial charge < -0.3 is 25.6 Å². The Kier molecular flexibility index (Phi) is 3.49. The molecule has 114 valence electrons. The molecule has 2 aliphatic heterocycles. The third-order valence-electron chi connectivity index (χ3n) is 3.55. The molecule has 2 aliphatic rings. The highest BCUT2D eigenvalue weighted by atomic mass is 16.5. The molecule has 3 atom stereocenters. The molecule has 10 nitrogen and oxygen atoms in total. The zero-order chi connectivity index (χ0) is 15.0. The van der Waals surface area contributed by atoms with Crippen LogP contribution >= 0.6 is 0 Å². The molecule has 1 unspecified atom stereocenters. The minimum absolute atomic E-state index is 0.170. The number of aliphatic hydroxyl groups is 2. The number of ether oxygens (including phenoxy) is 1. The van der Waals surface area contributed by atoms with Crippen LogP contribution in [-0.4, -0.2) is 58.3 Å². The Labute approximate surface area is 120 Å². The summed E-state index contributed by atoms with van der Waals surface area (Å²) in [6, 6.07) is 0. The molecule has 0 aromatic carbocycles. The number of amides is 1. The van der Waals surface area contributed by atoms with E-state index in [1.807, 2.05) is 0 Å². The predicted octanol–water partition coefficient (Wildman–Crippen LogP) is -2.23. The topological polar surface area (TPSA) is 137 Å². The number of carbonyl (C=O) groups is 1. The van der Waals surface area contributed by atoms with Crippen LogP contribution in [-0.2, 0) is 9.53 Å². The SMILES string of the molecule is Nc1ncnc2c1N(NC=O)CN2[C@@H]1O[C@H](CO)CC1O. The number of aromatic nitrogens is 2. The Hall–Kier alpha value is -2.17. The smallest absolute Gasteiger partial charge is 0.225 e. The van der Waals surface area contributed by atoms with E-state index in [0.717, 1.165) is 0 Å². The van der Waals surface area contributed by atoms with Crippen molar-refractivity contribution in [2.24, 2.45) is 0 Å². The molecule has 3 heterocycles. The van der Waals surface area contributed by atoms with Gasteiger partial charge in [-0.3, -0.25) is 15.2 Å². The summed E-state index contributed by atoms with van der Waals surface area (Å²) in [5, 5.41) is 20.7. The van der Waals surface area contributed by atoms with E-state index in [1.165, 1.54) is 11.3 Å². The molecule has 0 aliphatic carbocycles. The van der Waals surface area contributed by atoms with Crippen molar-refractivity contribution in [3.8, 4) is 0 Å². The van der Waals surface area contributed by atoms with Gasteiger partial charge in [-0.05, 0) is 0 Å². The van der Waals surface area contributed by atoms with Crippen LogP contribution in [0.5, 0.6) is 0 Å². The molecule has 21 heavy (non-hydrogen) atoms. The lowest BCUT2D eigenvalue weighted by Crippen LogP contribution is -2.47. The zero-order valence-electron chi connectivity index (χ0n) is 11.1. The first-order valence-corrected chi connectivity index (χ1v) is 6.44. The maximum atomic E-state index is 10.7. The lowest BCUT2D eigenvalue weighted by Gasteiger charge is -2.27. The first-order chi connectivity index (χ1) is 10.2. The predicted molar refractivity (Wildman–Crippen MR) is 71.8 cm³/mol. The summed E-state index contributed by atoms with van der Waals surface area (Å²) < 4.78 is 5.61. The Balaban J connectivity index is 1.92. The fourth-order valence-electron chi connectivity index (χ4n) is 2.64. The van der Waals surface area contributed by atoms with Crippen LogP contribution in [0, 0.1) is 0 Å². The summed E-state index contributed by atoms with van der Waals surface area (Å²) in [5.74, 6) is 0.669. The second kappa shape index (κ2) is 5.31. The molecule has 3 rings (SSSR count). The number of nitrogens with one attached hydrogen (secondary N) is 1. The maximum absolute atomic E-state index is 10.7. The third-order valence-corrected chi connectivity index (χ3v) is 3.55. The summed E-state index contributed by atoms with van der Waals surface area (Å²) in [6.07, 6.45) is 0.268. The lowest BCUT2D eigenvalue weighted by atomic mass is 10.2. The Morgan fingerprint density at radius 2 is 2.38 bits per heavy atom. The molecule has 0 bridgehead atoms. The second-order valence-electron chi connectivity index (χ2n) is 4.85. The van der Waals surface area contributed by atoms with E-state index in [9.17, 15) is 9.90 Å². The van der Waals surface area contributed by atoms with Crippen LogP contribution in [0.3, 0.4) is 0 Å². The number of hydrazine groups is 1. The lowest BCUT2D eigenvalue weighted by molar-refractivity contribution is -0.109. The minimum atomic E-state index is -0.776. The van der Waals surface area contributed by atoms with Gasteiger partial charge in [0.05, 0.1) is 12.7 Å². The highest BCUT2D eigenvalue weighted by Gasteiger charge is 2.43. The second-order valence-corrected chi connectivity index (χ2v) is 4.85. The summed E-state index contributed by atoms with van der Waals surface area (Å²) >= 11 is 0. The average molecular weight is 296 g/mol. The normalized spacial score (nSPS) is 27.8. The number of aliphatic hydroxyl groups excluding tert-OH is 2. The van der Waals surface area contributed by atoms with Crippen molar-refractivity contribution in [2.45, 2.75) is 24.9 Å². The fraction of sp³-hybridized carbons (Fsp3) is 0.545. The molecule has 1 amide bonds. The van der Waals surface area contributed by atoms with Crippen molar-refractivity contribution in [3.63, 3.8) is 0 Å². The van der Waals surface area contributed by atoms with E-state index < -0.39 is 18.4 Å². The summed E-state index contributed by atoms with van der Waals surface area (Å²) in [4.78, 5) is 20.4. The van der Waals surface area contributed by atoms with Crippen LogP contribution in [0.25, 0.3) is 0 Å². The van der Waals surface area contributed by atoms with Gasteiger partial charge in [0.15, 0.2) is 17.9 Å². The Morgan fingerprint density at radius 1 is 1.57 bits per heavy atom. The standard InChI is InChI=1S/C11H16N6O4/c12-9-8-10(14-3-13-9)16(5-17(8)15-4-19)11-7(20)1-6(2-18)21-11/h3-4,6-7,11,18,20H,1-2,5H2,(H,15,19)(H2,12,13,14)/t6-,7?,11+/m0/s1. The maximum Gasteiger partial charge on any atom is 0.225 e. The third kappa shape index (κ3) is 2.22. The van der Waals surface area contributed by atoms with Gasteiger partial charge in [-0.1, -0.05) is 0 Å². The van der Waals surface area contributed by atoms with E-state index in [1.54, 1.807) is 4.90 Å². The molecule has 1 fully saturated rings. The monoisotopic (exact) mass is 296 g/mol. The van der Waals surface area contributed by atoms with Gasteiger partial charge in [-0.15, -0.1) is 0 Å². The molecular formula is C11H16N6O4. The van der Waals surface area contributed by atoms with E-state index in [0.29, 0.717) is 24.3 Å². The van der Waals surface area contributed by atoms with Gasteiger partial charge in [-0.25, -0.2) is 9.97 Å². The Bertz CT molecular complexity index is 543. The number of fused-ring (bicyclic) bond motifs is 1. The number of nitrogens with two attached hydrogens (primary N) is 1. The van der Waals surface area contributed by atoms with Crippen LogP contribution in [0.4, 0.5) is 17.3 Å². The minimum Gasteiger partial charge on any atom is -0.394 e. The first-order valence-electron chi connectivity index (χ1n) is 6.44. The molecule has 1 saturated heterocycles. The molecule has 5 N–H and O–H groups in total. The van der Waals surface area contributed by atoms with E-state index in [-0.39, 0.29) is 19.1 Å². The Morgan fingerprint density at radius 3 is 3.05 bits per heavy atom. The van der Waals surface area contributed by atoms with Gasteiger partial charge >= 0.3 is 0 Å². The van der Waals surface area contributed by atoms with Crippen molar-refractivity contribution in [1.29, 1.82) is 0 Å². The number of rotatable bonds is 4. The molecular weight excluding hydrogens is 280 g/mol. The summed E-state index contributed by atoms with van der Waals surface area (Å²) in [6.45, 7) is 0.0350. The largest absolute Gasteiger partial charge is 0.394 e. The van der Waals surface area contributed by atoms with Crippen molar-refractivity contribution in [2.75, 3.05) is 28.9 Å². The summed E-state index contributed by atoms with van der Waals surface area (Å²) in [5.41, 5.74) is 8.77. The molecule has 1 aromatic heterocycles. The molecule has 0 spiro atoms. The van der Waals surface area contributed by atoms with Gasteiger partial charge in [-0.2, -0.15) is 0 Å². The van der Waals surface area contributed by atoms with Gasteiger partial charge in [0.2, 0.25) is 6.41 Å². The van der Waals surface area contributed by atoms with Crippen LogP contribution in [0.1, 0.15) is 6.42 Å².